The molecule has 0 amide bonds. The highest BCUT2D eigenvalue weighted by Crippen LogP contribution is 2.22. The van der Waals surface area contributed by atoms with Gasteiger partial charge in [0.1, 0.15) is 0 Å². The number of nitriles is 1. The molecule has 1 aromatic heterocycles. The maximum atomic E-state index is 8.85. The molecule has 1 fully saturated rings. The molecular weight excluding hydrogens is 254 g/mol. The van der Waals surface area contributed by atoms with Gasteiger partial charge in [-0.3, -0.25) is 0 Å². The Balaban J connectivity index is 1.73. The number of benzene rings is 1. The van der Waals surface area contributed by atoms with Crippen molar-refractivity contribution in [3.63, 3.8) is 0 Å². The minimum Gasteiger partial charge on any atom is -0.381 e. The highest BCUT2D eigenvalue weighted by molar-refractivity contribution is 5.66. The predicted molar refractivity (Wildman–Crippen MR) is 72.6 cm³/mol. The van der Waals surface area contributed by atoms with Gasteiger partial charge in [0.05, 0.1) is 18.2 Å². The smallest absolute Gasteiger partial charge is 0.250 e. The van der Waals surface area contributed by atoms with Gasteiger partial charge in [-0.25, -0.2) is 0 Å². The van der Waals surface area contributed by atoms with Crippen molar-refractivity contribution in [1.29, 1.82) is 5.26 Å². The molecule has 1 aliphatic rings. The van der Waals surface area contributed by atoms with E-state index in [1.807, 2.05) is 18.2 Å². The van der Waals surface area contributed by atoms with Crippen LogP contribution in [-0.4, -0.2) is 23.4 Å². The quantitative estimate of drug-likeness (QED) is 0.854. The van der Waals surface area contributed by atoms with Gasteiger partial charge in [0.2, 0.25) is 0 Å². The van der Waals surface area contributed by atoms with Crippen LogP contribution in [0.3, 0.4) is 0 Å². The van der Waals surface area contributed by atoms with Crippen LogP contribution >= 0.6 is 0 Å². The zero-order valence-electron chi connectivity index (χ0n) is 10.8. The average molecular weight is 267 g/mol. The van der Waals surface area contributed by atoms with E-state index in [4.69, 9.17) is 14.5 Å². The molecule has 3 rings (SSSR count). The maximum absolute atomic E-state index is 8.85. The molecule has 1 aliphatic heterocycles. The largest absolute Gasteiger partial charge is 0.381 e. The third kappa shape index (κ3) is 2.76. The Bertz CT molecular complexity index is 664. The normalized spacial score (nSPS) is 18.4. The van der Waals surface area contributed by atoms with Gasteiger partial charge in [-0.1, -0.05) is 17.3 Å². The van der Waals surface area contributed by atoms with Gasteiger partial charge in [-0.05, 0) is 30.2 Å². The van der Waals surface area contributed by atoms with Crippen LogP contribution in [0.4, 0.5) is 0 Å². The van der Waals surface area contributed by atoms with E-state index in [0.717, 1.165) is 18.6 Å². The van der Waals surface area contributed by atoms with E-state index < -0.39 is 0 Å². The second-order valence-electron chi connectivity index (χ2n) is 4.62. The Morgan fingerprint density at radius 2 is 2.30 bits per heavy atom. The van der Waals surface area contributed by atoms with Crippen molar-refractivity contribution < 1.29 is 9.26 Å². The van der Waals surface area contributed by atoms with E-state index >= 15 is 0 Å². The Morgan fingerprint density at radius 1 is 1.35 bits per heavy atom. The van der Waals surface area contributed by atoms with Crippen molar-refractivity contribution in [3.8, 4) is 6.07 Å². The van der Waals surface area contributed by atoms with Crippen LogP contribution in [-0.2, 0) is 4.74 Å². The summed E-state index contributed by atoms with van der Waals surface area (Å²) in [5.74, 6) is 1.41. The van der Waals surface area contributed by atoms with Crippen LogP contribution < -0.4 is 0 Å². The van der Waals surface area contributed by atoms with Crippen molar-refractivity contribution in [1.82, 2.24) is 10.1 Å². The third-order valence-electron chi connectivity index (χ3n) is 3.19. The topological polar surface area (TPSA) is 71.9 Å². The monoisotopic (exact) mass is 267 g/mol. The van der Waals surface area contributed by atoms with Crippen LogP contribution in [0.1, 0.15) is 35.2 Å². The number of aromatic nitrogens is 2. The molecule has 1 atom stereocenters. The summed E-state index contributed by atoms with van der Waals surface area (Å²) < 4.78 is 10.5. The number of hydrogen-bond acceptors (Lipinski definition) is 5. The van der Waals surface area contributed by atoms with Crippen LogP contribution in [0.2, 0.25) is 0 Å². The Morgan fingerprint density at radius 3 is 3.10 bits per heavy atom. The van der Waals surface area contributed by atoms with Gasteiger partial charge in [-0.2, -0.15) is 10.2 Å². The molecule has 0 aliphatic carbocycles. The lowest BCUT2D eigenvalue weighted by atomic mass is 10.1. The summed E-state index contributed by atoms with van der Waals surface area (Å²) in [6.45, 7) is 1.41. The van der Waals surface area contributed by atoms with Gasteiger partial charge >= 0.3 is 0 Å². The molecule has 2 aromatic rings. The minimum absolute atomic E-state index is 0.239. The summed E-state index contributed by atoms with van der Waals surface area (Å²) in [6, 6.07) is 9.43. The van der Waals surface area contributed by atoms with Crippen molar-refractivity contribution in [2.75, 3.05) is 13.2 Å². The zero-order chi connectivity index (χ0) is 13.8. The third-order valence-corrected chi connectivity index (χ3v) is 3.19. The minimum atomic E-state index is 0.239. The first-order valence-corrected chi connectivity index (χ1v) is 6.45. The lowest BCUT2D eigenvalue weighted by Gasteiger charge is -1.97. The van der Waals surface area contributed by atoms with Crippen molar-refractivity contribution >= 4 is 12.2 Å². The first-order valence-electron chi connectivity index (χ1n) is 6.45. The van der Waals surface area contributed by atoms with E-state index in [9.17, 15) is 0 Å². The number of hydrogen-bond donors (Lipinski definition) is 0. The second kappa shape index (κ2) is 5.68. The molecule has 0 bridgehead atoms. The van der Waals surface area contributed by atoms with Crippen LogP contribution in [0.25, 0.3) is 12.2 Å². The van der Waals surface area contributed by atoms with E-state index in [1.54, 1.807) is 18.2 Å². The molecular formula is C15H13N3O2. The van der Waals surface area contributed by atoms with Crippen LogP contribution in [0.15, 0.2) is 28.8 Å². The SMILES string of the molecule is N#Cc1cccc(C=Cc2nc(C3CCOC3)no2)c1. The van der Waals surface area contributed by atoms with Gasteiger partial charge < -0.3 is 9.26 Å². The molecule has 5 heteroatoms. The van der Waals surface area contributed by atoms with Crippen LogP contribution in [0, 0.1) is 11.3 Å². The fraction of sp³-hybridized carbons (Fsp3) is 0.267. The molecule has 1 unspecified atom stereocenters. The van der Waals surface area contributed by atoms with Crippen molar-refractivity contribution in [2.24, 2.45) is 0 Å². The lowest BCUT2D eigenvalue weighted by molar-refractivity contribution is 0.192. The van der Waals surface area contributed by atoms with E-state index in [-0.39, 0.29) is 5.92 Å². The van der Waals surface area contributed by atoms with E-state index in [0.29, 0.717) is 23.9 Å². The predicted octanol–water partition coefficient (Wildman–Crippen LogP) is 2.62. The summed E-state index contributed by atoms with van der Waals surface area (Å²) in [7, 11) is 0. The molecule has 0 spiro atoms. The summed E-state index contributed by atoms with van der Waals surface area (Å²) in [5.41, 5.74) is 1.55. The van der Waals surface area contributed by atoms with Gasteiger partial charge in [0.15, 0.2) is 5.82 Å². The lowest BCUT2D eigenvalue weighted by Crippen LogP contribution is -1.99. The fourth-order valence-electron chi connectivity index (χ4n) is 2.10. The molecule has 5 nitrogen and oxygen atoms in total. The van der Waals surface area contributed by atoms with E-state index in [2.05, 4.69) is 16.2 Å². The average Bonchev–Trinajstić information content (AvgIpc) is 3.16. The standard InChI is InChI=1S/C15H13N3O2/c16-9-12-3-1-2-11(8-12)4-5-14-17-15(18-20-14)13-6-7-19-10-13/h1-5,8,13H,6-7,10H2. The summed E-state index contributed by atoms with van der Waals surface area (Å²) in [4.78, 5) is 4.34. The van der Waals surface area contributed by atoms with Crippen molar-refractivity contribution in [2.45, 2.75) is 12.3 Å². The highest BCUT2D eigenvalue weighted by atomic mass is 16.5. The highest BCUT2D eigenvalue weighted by Gasteiger charge is 2.22. The molecule has 0 saturated carbocycles. The summed E-state index contributed by atoms with van der Waals surface area (Å²) in [5, 5.41) is 12.8. The summed E-state index contributed by atoms with van der Waals surface area (Å²) >= 11 is 0. The molecule has 1 saturated heterocycles. The second-order valence-corrected chi connectivity index (χ2v) is 4.62. The first-order chi connectivity index (χ1) is 9.85. The van der Waals surface area contributed by atoms with Gasteiger partial charge in [-0.15, -0.1) is 0 Å². The Kier molecular flexibility index (Phi) is 3.57. The van der Waals surface area contributed by atoms with Gasteiger partial charge in [0, 0.05) is 18.6 Å². The summed E-state index contributed by atoms with van der Waals surface area (Å²) in [6.07, 6.45) is 4.54. The molecule has 100 valence electrons. The number of nitrogens with zero attached hydrogens (tertiary/aromatic N) is 3. The number of rotatable bonds is 3. The Hall–Kier alpha value is -2.45. The first kappa shape index (κ1) is 12.6. The molecule has 0 radical (unpaired) electrons. The zero-order valence-corrected chi connectivity index (χ0v) is 10.8. The maximum Gasteiger partial charge on any atom is 0.250 e. The van der Waals surface area contributed by atoms with Gasteiger partial charge in [0.25, 0.3) is 5.89 Å². The van der Waals surface area contributed by atoms with E-state index in [1.165, 1.54) is 0 Å². The molecule has 20 heavy (non-hydrogen) atoms. The Labute approximate surface area is 116 Å². The fourth-order valence-corrected chi connectivity index (χ4v) is 2.10. The number of ether oxygens (including phenoxy) is 1. The van der Waals surface area contributed by atoms with Crippen LogP contribution in [0.5, 0.6) is 0 Å². The van der Waals surface area contributed by atoms with Crippen molar-refractivity contribution in [3.05, 3.63) is 47.1 Å². The molecule has 0 N–H and O–H groups in total. The molecule has 1 aromatic carbocycles. The molecule has 2 heterocycles.